The molecule has 15 heavy (non-hydrogen) atoms. The maximum atomic E-state index is 11.0. The van der Waals surface area contributed by atoms with E-state index in [1.807, 2.05) is 30.5 Å². The number of thioether (sulfide) groups is 1. The number of para-hydroxylation sites is 1. The first kappa shape index (κ1) is 9.98. The Balaban J connectivity index is 2.81. The molecule has 2 aromatic rings. The summed E-state index contributed by atoms with van der Waals surface area (Å²) in [7, 11) is 0. The summed E-state index contributed by atoms with van der Waals surface area (Å²) in [5.74, 6) is -0.933. The molecule has 0 saturated carbocycles. The monoisotopic (exact) mass is 219 g/mol. The molecule has 0 atom stereocenters. The van der Waals surface area contributed by atoms with Crippen LogP contribution in [0.25, 0.3) is 10.9 Å². The van der Waals surface area contributed by atoms with Gasteiger partial charge in [0.25, 0.3) is 0 Å². The molecule has 0 aliphatic heterocycles. The number of hydrogen-bond acceptors (Lipinski definition) is 3. The molecule has 0 aliphatic rings. The van der Waals surface area contributed by atoms with E-state index in [0.717, 1.165) is 15.8 Å². The Kier molecular flexibility index (Phi) is 2.60. The van der Waals surface area contributed by atoms with Gasteiger partial charge in [0.1, 0.15) is 0 Å². The van der Waals surface area contributed by atoms with Crippen molar-refractivity contribution < 1.29 is 9.90 Å². The molecule has 1 N–H and O–H groups in total. The second-order valence-electron chi connectivity index (χ2n) is 3.03. The first-order valence-corrected chi connectivity index (χ1v) is 5.61. The third kappa shape index (κ3) is 1.68. The Hall–Kier alpha value is -1.55. The topological polar surface area (TPSA) is 50.2 Å². The fourth-order valence-electron chi connectivity index (χ4n) is 1.49. The van der Waals surface area contributed by atoms with Crippen LogP contribution in [0.15, 0.2) is 35.4 Å². The SMILES string of the molecule is CSc1c(C(=O)O)cnc2ccccc12. The van der Waals surface area contributed by atoms with Gasteiger partial charge in [-0.2, -0.15) is 0 Å². The summed E-state index contributed by atoms with van der Waals surface area (Å²) in [5, 5.41) is 9.90. The maximum absolute atomic E-state index is 11.0. The number of carboxylic acids is 1. The standard InChI is InChI=1S/C11H9NO2S/c1-15-10-7-4-2-3-5-9(7)12-6-8(10)11(13)14/h2-6H,1H3,(H,13,14). The molecule has 0 spiro atoms. The zero-order valence-electron chi connectivity index (χ0n) is 8.10. The average Bonchev–Trinajstić information content (AvgIpc) is 2.27. The predicted molar refractivity (Wildman–Crippen MR) is 60.5 cm³/mol. The molecule has 2 rings (SSSR count). The van der Waals surface area contributed by atoms with Crippen molar-refractivity contribution >= 4 is 28.6 Å². The van der Waals surface area contributed by atoms with Crippen LogP contribution in [0.5, 0.6) is 0 Å². The third-order valence-electron chi connectivity index (χ3n) is 2.16. The number of aromatic carboxylic acids is 1. The highest BCUT2D eigenvalue weighted by Gasteiger charge is 2.12. The molecule has 3 nitrogen and oxygen atoms in total. The van der Waals surface area contributed by atoms with Gasteiger partial charge in [-0.3, -0.25) is 4.98 Å². The molecule has 1 aromatic carbocycles. The average molecular weight is 219 g/mol. The van der Waals surface area contributed by atoms with E-state index < -0.39 is 5.97 Å². The first-order valence-electron chi connectivity index (χ1n) is 4.39. The summed E-state index contributed by atoms with van der Waals surface area (Å²) < 4.78 is 0. The number of carbonyl (C=O) groups is 1. The molecule has 0 fully saturated rings. The van der Waals surface area contributed by atoms with Crippen molar-refractivity contribution in [3.05, 3.63) is 36.0 Å². The molecule has 0 radical (unpaired) electrons. The molecular formula is C11H9NO2S. The summed E-state index contributed by atoms with van der Waals surface area (Å²) in [5.41, 5.74) is 1.09. The van der Waals surface area contributed by atoms with Crippen molar-refractivity contribution in [1.82, 2.24) is 4.98 Å². The second kappa shape index (κ2) is 3.90. The van der Waals surface area contributed by atoms with E-state index in [9.17, 15) is 4.79 Å². The van der Waals surface area contributed by atoms with E-state index >= 15 is 0 Å². The highest BCUT2D eigenvalue weighted by atomic mass is 32.2. The van der Waals surface area contributed by atoms with Crippen molar-refractivity contribution in [2.75, 3.05) is 6.26 Å². The van der Waals surface area contributed by atoms with Gasteiger partial charge in [-0.25, -0.2) is 4.79 Å². The lowest BCUT2D eigenvalue weighted by molar-refractivity contribution is 0.0693. The Bertz CT molecular complexity index is 525. The Morgan fingerprint density at radius 3 is 2.80 bits per heavy atom. The van der Waals surface area contributed by atoms with E-state index in [-0.39, 0.29) is 5.56 Å². The van der Waals surface area contributed by atoms with Crippen LogP contribution in [0.2, 0.25) is 0 Å². The number of fused-ring (bicyclic) bond motifs is 1. The van der Waals surface area contributed by atoms with Gasteiger partial charge in [0.05, 0.1) is 11.1 Å². The van der Waals surface area contributed by atoms with Crippen LogP contribution in [-0.4, -0.2) is 22.3 Å². The fraction of sp³-hybridized carbons (Fsp3) is 0.0909. The lowest BCUT2D eigenvalue weighted by Gasteiger charge is -2.06. The van der Waals surface area contributed by atoms with Gasteiger partial charge >= 0.3 is 5.97 Å². The molecule has 1 heterocycles. The molecular weight excluding hydrogens is 210 g/mol. The van der Waals surface area contributed by atoms with Crippen LogP contribution in [0.3, 0.4) is 0 Å². The summed E-state index contributed by atoms with van der Waals surface area (Å²) in [6, 6.07) is 7.54. The Labute approximate surface area is 91.1 Å². The largest absolute Gasteiger partial charge is 0.478 e. The predicted octanol–water partition coefficient (Wildman–Crippen LogP) is 2.65. The van der Waals surface area contributed by atoms with Gasteiger partial charge in [0, 0.05) is 16.5 Å². The molecule has 1 aromatic heterocycles. The van der Waals surface area contributed by atoms with Gasteiger partial charge in [0.2, 0.25) is 0 Å². The molecule has 76 valence electrons. The summed E-state index contributed by atoms with van der Waals surface area (Å²) >= 11 is 1.43. The van der Waals surface area contributed by atoms with Crippen LogP contribution in [0, 0.1) is 0 Å². The third-order valence-corrected chi connectivity index (χ3v) is 3.01. The van der Waals surface area contributed by atoms with Crippen molar-refractivity contribution in [3.63, 3.8) is 0 Å². The van der Waals surface area contributed by atoms with Crippen LogP contribution in [0.4, 0.5) is 0 Å². The van der Waals surface area contributed by atoms with Crippen molar-refractivity contribution in [3.8, 4) is 0 Å². The Morgan fingerprint density at radius 1 is 1.40 bits per heavy atom. The number of rotatable bonds is 2. The van der Waals surface area contributed by atoms with E-state index in [4.69, 9.17) is 5.11 Å². The summed E-state index contributed by atoms with van der Waals surface area (Å²) in [6.45, 7) is 0. The van der Waals surface area contributed by atoms with Gasteiger partial charge < -0.3 is 5.11 Å². The van der Waals surface area contributed by atoms with E-state index in [1.54, 1.807) is 0 Å². The zero-order chi connectivity index (χ0) is 10.8. The van der Waals surface area contributed by atoms with Crippen molar-refractivity contribution in [2.24, 2.45) is 0 Å². The number of hydrogen-bond donors (Lipinski definition) is 1. The van der Waals surface area contributed by atoms with E-state index in [1.165, 1.54) is 18.0 Å². The number of carboxylic acid groups (broad SMARTS) is 1. The quantitative estimate of drug-likeness (QED) is 0.789. The highest BCUT2D eigenvalue weighted by molar-refractivity contribution is 7.98. The van der Waals surface area contributed by atoms with Crippen LogP contribution in [0.1, 0.15) is 10.4 Å². The van der Waals surface area contributed by atoms with Crippen LogP contribution in [-0.2, 0) is 0 Å². The number of aromatic nitrogens is 1. The minimum absolute atomic E-state index is 0.265. The minimum Gasteiger partial charge on any atom is -0.478 e. The zero-order valence-corrected chi connectivity index (χ0v) is 8.91. The number of pyridine rings is 1. The van der Waals surface area contributed by atoms with Crippen molar-refractivity contribution in [1.29, 1.82) is 0 Å². The van der Waals surface area contributed by atoms with E-state index in [2.05, 4.69) is 4.98 Å². The first-order chi connectivity index (χ1) is 7.24. The summed E-state index contributed by atoms with van der Waals surface area (Å²) in [4.78, 5) is 15.9. The molecule has 0 amide bonds. The number of nitrogens with zero attached hydrogens (tertiary/aromatic N) is 1. The smallest absolute Gasteiger partial charge is 0.338 e. The van der Waals surface area contributed by atoms with Gasteiger partial charge in [-0.1, -0.05) is 18.2 Å². The highest BCUT2D eigenvalue weighted by Crippen LogP contribution is 2.28. The Morgan fingerprint density at radius 2 is 2.13 bits per heavy atom. The maximum Gasteiger partial charge on any atom is 0.338 e. The van der Waals surface area contributed by atoms with Gasteiger partial charge in [0.15, 0.2) is 0 Å². The molecule has 0 aliphatic carbocycles. The summed E-state index contributed by atoms with van der Waals surface area (Å²) in [6.07, 6.45) is 3.28. The molecule has 4 heteroatoms. The molecule has 0 bridgehead atoms. The van der Waals surface area contributed by atoms with Gasteiger partial charge in [-0.15, -0.1) is 11.8 Å². The molecule has 0 unspecified atom stereocenters. The fourth-order valence-corrected chi connectivity index (χ4v) is 2.24. The van der Waals surface area contributed by atoms with Crippen LogP contribution < -0.4 is 0 Å². The lowest BCUT2D eigenvalue weighted by Crippen LogP contribution is -2.00. The van der Waals surface area contributed by atoms with Crippen LogP contribution >= 0.6 is 11.8 Å². The normalized spacial score (nSPS) is 10.5. The van der Waals surface area contributed by atoms with Crippen molar-refractivity contribution in [2.45, 2.75) is 4.90 Å². The van der Waals surface area contributed by atoms with Gasteiger partial charge in [-0.05, 0) is 12.3 Å². The number of benzene rings is 1. The minimum atomic E-state index is -0.933. The molecule has 0 saturated heterocycles. The van der Waals surface area contributed by atoms with E-state index in [0.29, 0.717) is 0 Å². The second-order valence-corrected chi connectivity index (χ2v) is 3.84. The lowest BCUT2D eigenvalue weighted by atomic mass is 10.1.